The topological polar surface area (TPSA) is 32.3 Å². The molecule has 0 bridgehead atoms. The van der Waals surface area contributed by atoms with E-state index in [0.29, 0.717) is 0 Å². The number of carbonyl (C=O) groups is 1. The van der Waals surface area contributed by atoms with Crippen molar-refractivity contribution in [3.63, 3.8) is 0 Å². The molecule has 0 aromatic heterocycles. The normalized spacial score (nSPS) is 17.8. The smallest absolute Gasteiger partial charge is 0.239 e. The molecule has 0 saturated carbocycles. The monoisotopic (exact) mass is 282 g/mol. The zero-order valence-electron chi connectivity index (χ0n) is 11.5. The van der Waals surface area contributed by atoms with E-state index < -0.39 is 0 Å². The van der Waals surface area contributed by atoms with Crippen molar-refractivity contribution in [2.45, 2.75) is 32.2 Å². The Kier molecular flexibility index (Phi) is 6.89. The first-order valence-electron chi connectivity index (χ1n) is 6.87. The summed E-state index contributed by atoms with van der Waals surface area (Å²) in [7, 11) is 0. The van der Waals surface area contributed by atoms with Crippen LogP contribution in [0.2, 0.25) is 0 Å². The second kappa shape index (κ2) is 8.18. The van der Waals surface area contributed by atoms with E-state index in [1.165, 1.54) is 5.56 Å². The third-order valence-corrected chi connectivity index (χ3v) is 3.57. The van der Waals surface area contributed by atoms with Gasteiger partial charge in [0.25, 0.3) is 0 Å². The van der Waals surface area contributed by atoms with Gasteiger partial charge >= 0.3 is 0 Å². The minimum absolute atomic E-state index is 0. The molecule has 2 rings (SSSR count). The summed E-state index contributed by atoms with van der Waals surface area (Å²) in [5.41, 5.74) is 1.29. The van der Waals surface area contributed by atoms with Gasteiger partial charge < -0.3 is 10.2 Å². The van der Waals surface area contributed by atoms with Crippen molar-refractivity contribution in [3.8, 4) is 0 Å². The molecule has 4 heteroatoms. The largest absolute Gasteiger partial charge is 0.341 e. The Labute approximate surface area is 121 Å². The molecule has 1 saturated heterocycles. The van der Waals surface area contributed by atoms with Gasteiger partial charge in [0.2, 0.25) is 5.91 Å². The van der Waals surface area contributed by atoms with Crippen molar-refractivity contribution in [2.75, 3.05) is 19.6 Å². The Hall–Kier alpha value is -1.06. The second-order valence-electron chi connectivity index (χ2n) is 4.80. The molecule has 1 aromatic carbocycles. The van der Waals surface area contributed by atoms with Gasteiger partial charge in [0, 0.05) is 13.1 Å². The number of amides is 1. The van der Waals surface area contributed by atoms with E-state index in [0.717, 1.165) is 38.9 Å². The highest BCUT2D eigenvalue weighted by Gasteiger charge is 2.25. The van der Waals surface area contributed by atoms with Gasteiger partial charge in [-0.2, -0.15) is 0 Å². The number of likely N-dealkylation sites (N-methyl/N-ethyl adjacent to an activating group) is 1. The number of hydrogen-bond donors (Lipinski definition) is 1. The Morgan fingerprint density at radius 2 is 2.11 bits per heavy atom. The maximum absolute atomic E-state index is 12.3. The average Bonchev–Trinajstić information content (AvgIpc) is 2.94. The van der Waals surface area contributed by atoms with Crippen molar-refractivity contribution in [3.05, 3.63) is 35.9 Å². The standard InChI is InChI=1S/C15H22N2O.ClH/c1-2-17(15(18)14-9-6-11-16-14)12-10-13-7-4-3-5-8-13;/h3-5,7-8,14,16H,2,6,9-12H2,1H3;1H. The van der Waals surface area contributed by atoms with E-state index in [9.17, 15) is 4.79 Å². The summed E-state index contributed by atoms with van der Waals surface area (Å²) >= 11 is 0. The zero-order valence-corrected chi connectivity index (χ0v) is 12.3. The number of rotatable bonds is 5. The quantitative estimate of drug-likeness (QED) is 0.898. The Morgan fingerprint density at radius 1 is 1.37 bits per heavy atom. The van der Waals surface area contributed by atoms with Gasteiger partial charge in [-0.25, -0.2) is 0 Å². The fraction of sp³-hybridized carbons (Fsp3) is 0.533. The van der Waals surface area contributed by atoms with Crippen LogP contribution in [0.3, 0.4) is 0 Å². The van der Waals surface area contributed by atoms with Crippen molar-refractivity contribution in [1.82, 2.24) is 10.2 Å². The summed E-state index contributed by atoms with van der Waals surface area (Å²) in [6.45, 7) is 4.64. The SMILES string of the molecule is CCN(CCc1ccccc1)C(=O)C1CCCN1.Cl. The highest BCUT2D eigenvalue weighted by molar-refractivity contribution is 5.85. The summed E-state index contributed by atoms with van der Waals surface area (Å²) in [6.07, 6.45) is 3.04. The van der Waals surface area contributed by atoms with Crippen LogP contribution in [0.5, 0.6) is 0 Å². The van der Waals surface area contributed by atoms with E-state index in [4.69, 9.17) is 0 Å². The minimum atomic E-state index is 0. The molecule has 0 spiro atoms. The van der Waals surface area contributed by atoms with Crippen LogP contribution in [-0.2, 0) is 11.2 Å². The first-order chi connectivity index (χ1) is 8.81. The molecule has 1 fully saturated rings. The molecule has 1 aliphatic heterocycles. The molecule has 1 amide bonds. The predicted molar refractivity (Wildman–Crippen MR) is 80.7 cm³/mol. The fourth-order valence-corrected chi connectivity index (χ4v) is 2.45. The molecule has 3 nitrogen and oxygen atoms in total. The van der Waals surface area contributed by atoms with Crippen molar-refractivity contribution in [1.29, 1.82) is 0 Å². The van der Waals surface area contributed by atoms with Crippen LogP contribution in [0.4, 0.5) is 0 Å². The molecular formula is C15H23ClN2O. The lowest BCUT2D eigenvalue weighted by Gasteiger charge is -2.24. The van der Waals surface area contributed by atoms with Gasteiger partial charge in [-0.1, -0.05) is 30.3 Å². The van der Waals surface area contributed by atoms with Gasteiger partial charge in [0.1, 0.15) is 0 Å². The highest BCUT2D eigenvalue weighted by atomic mass is 35.5. The molecular weight excluding hydrogens is 260 g/mol. The van der Waals surface area contributed by atoms with E-state index >= 15 is 0 Å². The van der Waals surface area contributed by atoms with Crippen molar-refractivity contribution < 1.29 is 4.79 Å². The average molecular weight is 283 g/mol. The number of carbonyl (C=O) groups excluding carboxylic acids is 1. The van der Waals surface area contributed by atoms with E-state index in [1.807, 2.05) is 23.1 Å². The van der Waals surface area contributed by atoms with Gasteiger partial charge in [-0.15, -0.1) is 12.4 Å². The number of nitrogens with zero attached hydrogens (tertiary/aromatic N) is 1. The van der Waals surface area contributed by atoms with Gasteiger partial charge in [-0.3, -0.25) is 4.79 Å². The number of benzene rings is 1. The summed E-state index contributed by atoms with van der Waals surface area (Å²) in [6, 6.07) is 10.4. The molecule has 1 aromatic rings. The van der Waals surface area contributed by atoms with E-state index in [2.05, 4.69) is 24.4 Å². The van der Waals surface area contributed by atoms with Gasteiger partial charge in [0.15, 0.2) is 0 Å². The summed E-state index contributed by atoms with van der Waals surface area (Å²) in [5, 5.41) is 3.28. The lowest BCUT2D eigenvalue weighted by atomic mass is 10.1. The molecule has 106 valence electrons. The lowest BCUT2D eigenvalue weighted by molar-refractivity contribution is -0.132. The predicted octanol–water partition coefficient (Wildman–Crippen LogP) is 2.25. The van der Waals surface area contributed by atoms with Crippen LogP contribution in [-0.4, -0.2) is 36.5 Å². The first kappa shape index (κ1) is 16.0. The second-order valence-corrected chi connectivity index (χ2v) is 4.80. The number of hydrogen-bond acceptors (Lipinski definition) is 2. The molecule has 1 N–H and O–H groups in total. The first-order valence-corrected chi connectivity index (χ1v) is 6.87. The van der Waals surface area contributed by atoms with Crippen LogP contribution < -0.4 is 5.32 Å². The molecule has 1 aliphatic rings. The highest BCUT2D eigenvalue weighted by Crippen LogP contribution is 2.09. The van der Waals surface area contributed by atoms with Crippen LogP contribution in [0.15, 0.2) is 30.3 Å². The van der Waals surface area contributed by atoms with E-state index in [-0.39, 0.29) is 24.4 Å². The van der Waals surface area contributed by atoms with Crippen molar-refractivity contribution >= 4 is 18.3 Å². The summed E-state index contributed by atoms with van der Waals surface area (Å²) in [5.74, 6) is 0.269. The summed E-state index contributed by atoms with van der Waals surface area (Å²) in [4.78, 5) is 14.2. The molecule has 0 aliphatic carbocycles. The number of nitrogens with one attached hydrogen (secondary N) is 1. The maximum atomic E-state index is 12.3. The molecule has 0 radical (unpaired) electrons. The lowest BCUT2D eigenvalue weighted by Crippen LogP contribution is -2.44. The molecule has 1 unspecified atom stereocenters. The third kappa shape index (κ3) is 4.51. The van der Waals surface area contributed by atoms with E-state index in [1.54, 1.807) is 0 Å². The summed E-state index contributed by atoms with van der Waals surface area (Å²) < 4.78 is 0. The minimum Gasteiger partial charge on any atom is -0.341 e. The van der Waals surface area contributed by atoms with Crippen LogP contribution in [0.1, 0.15) is 25.3 Å². The molecule has 19 heavy (non-hydrogen) atoms. The maximum Gasteiger partial charge on any atom is 0.239 e. The Morgan fingerprint density at radius 3 is 2.68 bits per heavy atom. The van der Waals surface area contributed by atoms with Crippen LogP contribution in [0.25, 0.3) is 0 Å². The third-order valence-electron chi connectivity index (χ3n) is 3.57. The van der Waals surface area contributed by atoms with Crippen LogP contribution >= 0.6 is 12.4 Å². The van der Waals surface area contributed by atoms with Crippen molar-refractivity contribution in [2.24, 2.45) is 0 Å². The zero-order chi connectivity index (χ0) is 12.8. The van der Waals surface area contributed by atoms with Gasteiger partial charge in [0.05, 0.1) is 6.04 Å². The Balaban J connectivity index is 0.00000180. The molecule has 1 heterocycles. The number of halogens is 1. The van der Waals surface area contributed by atoms with Gasteiger partial charge in [-0.05, 0) is 38.3 Å². The Bertz CT molecular complexity index is 377. The molecule has 1 atom stereocenters. The fourth-order valence-electron chi connectivity index (χ4n) is 2.45. The van der Waals surface area contributed by atoms with Crippen LogP contribution in [0, 0.1) is 0 Å².